The Balaban J connectivity index is 1.46. The molecule has 2 amide bonds. The minimum absolute atomic E-state index is 0.122. The lowest BCUT2D eigenvalue weighted by Crippen LogP contribution is -2.26. The van der Waals surface area contributed by atoms with Gasteiger partial charge in [0.1, 0.15) is 5.75 Å². The summed E-state index contributed by atoms with van der Waals surface area (Å²) < 4.78 is 6.87. The van der Waals surface area contributed by atoms with Crippen molar-refractivity contribution in [2.24, 2.45) is 7.05 Å². The van der Waals surface area contributed by atoms with Gasteiger partial charge in [-0.05, 0) is 35.9 Å². The molecule has 0 aliphatic carbocycles. The number of aromatic nitrogens is 3. The van der Waals surface area contributed by atoms with Crippen LogP contribution in [-0.2, 0) is 29.6 Å². The van der Waals surface area contributed by atoms with E-state index in [1.54, 1.807) is 43.0 Å². The molecule has 0 fully saturated rings. The summed E-state index contributed by atoms with van der Waals surface area (Å²) in [5.41, 5.74) is 1.52. The van der Waals surface area contributed by atoms with Gasteiger partial charge in [0, 0.05) is 17.8 Å². The van der Waals surface area contributed by atoms with Gasteiger partial charge in [-0.1, -0.05) is 41.6 Å². The molecule has 0 bridgehead atoms. The third kappa shape index (κ3) is 6.73. The molecule has 0 aliphatic heterocycles. The van der Waals surface area contributed by atoms with Gasteiger partial charge in [-0.25, -0.2) is 0 Å². The van der Waals surface area contributed by atoms with Crippen molar-refractivity contribution in [3.63, 3.8) is 0 Å². The number of ether oxygens (including phenoxy) is 1. The third-order valence-electron chi connectivity index (χ3n) is 4.33. The zero-order chi connectivity index (χ0) is 22.2. The van der Waals surface area contributed by atoms with E-state index in [2.05, 4.69) is 20.8 Å². The molecule has 10 heteroatoms. The van der Waals surface area contributed by atoms with E-state index >= 15 is 0 Å². The van der Waals surface area contributed by atoms with Crippen molar-refractivity contribution in [2.75, 3.05) is 18.2 Å². The summed E-state index contributed by atoms with van der Waals surface area (Å²) >= 11 is 7.18. The van der Waals surface area contributed by atoms with Gasteiger partial charge in [-0.2, -0.15) is 0 Å². The minimum atomic E-state index is -0.176. The maximum Gasteiger partial charge on any atom is 0.234 e. The predicted molar refractivity (Wildman–Crippen MR) is 120 cm³/mol. The van der Waals surface area contributed by atoms with E-state index in [9.17, 15) is 9.59 Å². The number of methoxy groups -OCH3 is 1. The number of benzene rings is 2. The normalized spacial score (nSPS) is 10.5. The van der Waals surface area contributed by atoms with E-state index in [0.29, 0.717) is 21.7 Å². The second-order valence-corrected chi connectivity index (χ2v) is 7.99. The number of anilines is 1. The Kier molecular flexibility index (Phi) is 7.91. The number of nitrogens with zero attached hydrogens (tertiary/aromatic N) is 3. The molecule has 31 heavy (non-hydrogen) atoms. The van der Waals surface area contributed by atoms with Crippen LogP contribution in [0.25, 0.3) is 0 Å². The summed E-state index contributed by atoms with van der Waals surface area (Å²) in [6, 6.07) is 14.3. The molecule has 0 saturated carbocycles. The molecular formula is C21H22ClN5O3S. The van der Waals surface area contributed by atoms with E-state index in [1.165, 1.54) is 11.8 Å². The minimum Gasteiger partial charge on any atom is -0.497 e. The highest BCUT2D eigenvalue weighted by Gasteiger charge is 2.13. The molecule has 1 aromatic heterocycles. The highest BCUT2D eigenvalue weighted by atomic mass is 35.5. The Morgan fingerprint density at radius 2 is 1.90 bits per heavy atom. The smallest absolute Gasteiger partial charge is 0.234 e. The van der Waals surface area contributed by atoms with Gasteiger partial charge in [0.25, 0.3) is 0 Å². The van der Waals surface area contributed by atoms with E-state index in [4.69, 9.17) is 16.3 Å². The molecule has 0 saturated heterocycles. The van der Waals surface area contributed by atoms with Gasteiger partial charge < -0.3 is 19.9 Å². The Labute approximate surface area is 189 Å². The third-order valence-corrected chi connectivity index (χ3v) is 5.59. The molecule has 0 radical (unpaired) electrons. The van der Waals surface area contributed by atoms with Crippen LogP contribution in [0.4, 0.5) is 5.69 Å². The highest BCUT2D eigenvalue weighted by Crippen LogP contribution is 2.18. The first kappa shape index (κ1) is 22.6. The first-order valence-electron chi connectivity index (χ1n) is 9.40. The van der Waals surface area contributed by atoms with Gasteiger partial charge in [0.2, 0.25) is 11.8 Å². The second-order valence-electron chi connectivity index (χ2n) is 6.61. The summed E-state index contributed by atoms with van der Waals surface area (Å²) in [4.78, 5) is 24.4. The van der Waals surface area contributed by atoms with Gasteiger partial charge in [-0.3, -0.25) is 9.59 Å². The zero-order valence-electron chi connectivity index (χ0n) is 17.1. The molecule has 0 atom stereocenters. The van der Waals surface area contributed by atoms with Crippen molar-refractivity contribution in [1.82, 2.24) is 20.1 Å². The average Bonchev–Trinajstić information content (AvgIpc) is 3.11. The number of hydrogen-bond donors (Lipinski definition) is 2. The molecule has 162 valence electrons. The van der Waals surface area contributed by atoms with Crippen molar-refractivity contribution in [2.45, 2.75) is 18.1 Å². The number of halogens is 1. The Hall–Kier alpha value is -3.04. The quantitative estimate of drug-likeness (QED) is 0.477. The Morgan fingerprint density at radius 1 is 1.13 bits per heavy atom. The van der Waals surface area contributed by atoms with Crippen molar-refractivity contribution < 1.29 is 14.3 Å². The predicted octanol–water partition coefficient (Wildman–Crippen LogP) is 3.07. The Bertz CT molecular complexity index is 1060. The van der Waals surface area contributed by atoms with Crippen LogP contribution in [0.1, 0.15) is 11.4 Å². The lowest BCUT2D eigenvalue weighted by molar-refractivity contribution is -0.120. The highest BCUT2D eigenvalue weighted by molar-refractivity contribution is 7.99. The average molecular weight is 460 g/mol. The fourth-order valence-corrected chi connectivity index (χ4v) is 3.61. The van der Waals surface area contributed by atoms with Gasteiger partial charge in [0.05, 0.1) is 25.8 Å². The van der Waals surface area contributed by atoms with Crippen LogP contribution in [0.3, 0.4) is 0 Å². The zero-order valence-corrected chi connectivity index (χ0v) is 18.7. The number of amides is 2. The first-order chi connectivity index (χ1) is 14.9. The van der Waals surface area contributed by atoms with E-state index < -0.39 is 0 Å². The maximum absolute atomic E-state index is 12.2. The molecule has 8 nitrogen and oxygen atoms in total. The lowest BCUT2D eigenvalue weighted by atomic mass is 10.1. The van der Waals surface area contributed by atoms with Crippen LogP contribution < -0.4 is 15.4 Å². The summed E-state index contributed by atoms with van der Waals surface area (Å²) in [5.74, 6) is 1.21. The Morgan fingerprint density at radius 3 is 2.61 bits per heavy atom. The molecule has 2 N–H and O–H groups in total. The topological polar surface area (TPSA) is 98.1 Å². The number of nitrogens with one attached hydrogen (secondary N) is 2. The van der Waals surface area contributed by atoms with Crippen molar-refractivity contribution in [3.8, 4) is 5.75 Å². The number of carbonyl (C=O) groups excluding carboxylic acids is 2. The van der Waals surface area contributed by atoms with Gasteiger partial charge in [-0.15, -0.1) is 10.2 Å². The summed E-state index contributed by atoms with van der Waals surface area (Å²) in [7, 11) is 3.39. The van der Waals surface area contributed by atoms with E-state index in [1.807, 2.05) is 24.3 Å². The summed E-state index contributed by atoms with van der Waals surface area (Å²) in [6.07, 6.45) is 0.257. The molecule has 0 spiro atoms. The molecule has 3 rings (SSSR count). The molecule has 0 aliphatic rings. The van der Waals surface area contributed by atoms with Crippen LogP contribution in [-0.4, -0.2) is 39.4 Å². The molecule has 1 heterocycles. The largest absolute Gasteiger partial charge is 0.497 e. The lowest BCUT2D eigenvalue weighted by Gasteiger charge is -2.07. The van der Waals surface area contributed by atoms with Crippen LogP contribution >= 0.6 is 23.4 Å². The monoisotopic (exact) mass is 459 g/mol. The SMILES string of the molecule is COc1ccc(CC(=O)NCc2nnc(SCC(=O)Nc3cccc(Cl)c3)n2C)cc1. The summed E-state index contributed by atoms with van der Waals surface area (Å²) in [5, 5.41) is 15.0. The van der Waals surface area contributed by atoms with Crippen LogP contribution in [0.2, 0.25) is 5.02 Å². The number of rotatable bonds is 9. The fourth-order valence-electron chi connectivity index (χ4n) is 2.69. The summed E-state index contributed by atoms with van der Waals surface area (Å²) in [6.45, 7) is 0.244. The number of hydrogen-bond acceptors (Lipinski definition) is 6. The molecule has 3 aromatic rings. The van der Waals surface area contributed by atoms with Crippen molar-refractivity contribution in [1.29, 1.82) is 0 Å². The first-order valence-corrected chi connectivity index (χ1v) is 10.8. The van der Waals surface area contributed by atoms with Gasteiger partial charge in [0.15, 0.2) is 11.0 Å². The van der Waals surface area contributed by atoms with Crippen LogP contribution in [0.15, 0.2) is 53.7 Å². The molecule has 2 aromatic carbocycles. The van der Waals surface area contributed by atoms with E-state index in [0.717, 1.165) is 11.3 Å². The van der Waals surface area contributed by atoms with Crippen molar-refractivity contribution >= 4 is 40.9 Å². The fraction of sp³-hybridized carbons (Fsp3) is 0.238. The van der Waals surface area contributed by atoms with Crippen LogP contribution in [0, 0.1) is 0 Å². The maximum atomic E-state index is 12.2. The van der Waals surface area contributed by atoms with Crippen LogP contribution in [0.5, 0.6) is 5.75 Å². The van der Waals surface area contributed by atoms with Gasteiger partial charge >= 0.3 is 0 Å². The molecule has 0 unspecified atom stereocenters. The number of thioether (sulfide) groups is 1. The molecular weight excluding hydrogens is 438 g/mol. The number of carbonyl (C=O) groups is 2. The van der Waals surface area contributed by atoms with E-state index in [-0.39, 0.29) is 30.5 Å². The second kappa shape index (κ2) is 10.8. The standard InChI is InChI=1S/C21H22ClN5O3S/c1-27-18(12-23-19(28)10-14-6-8-17(30-2)9-7-14)25-26-21(27)31-13-20(29)24-16-5-3-4-15(22)11-16/h3-9,11H,10,12-13H2,1-2H3,(H,23,28)(H,24,29). The van der Waals surface area contributed by atoms with Crippen molar-refractivity contribution in [3.05, 3.63) is 64.9 Å².